The van der Waals surface area contributed by atoms with E-state index in [0.717, 1.165) is 7.11 Å². The Hall–Kier alpha value is -0.780. The van der Waals surface area contributed by atoms with Crippen molar-refractivity contribution in [2.75, 3.05) is 7.11 Å². The minimum absolute atomic E-state index is 0.332. The molecule has 0 saturated carbocycles. The summed E-state index contributed by atoms with van der Waals surface area (Å²) in [6.07, 6.45) is -5.00. The van der Waals surface area contributed by atoms with Gasteiger partial charge in [0.2, 0.25) is 0 Å². The van der Waals surface area contributed by atoms with E-state index in [9.17, 15) is 18.0 Å². The van der Waals surface area contributed by atoms with Crippen LogP contribution in [0.5, 0.6) is 0 Å². The molecular formula is C5H7F3O3. The zero-order valence-electron chi connectivity index (χ0n) is 5.90. The lowest BCUT2D eigenvalue weighted by atomic mass is 10.1. The van der Waals surface area contributed by atoms with Gasteiger partial charge in [-0.2, -0.15) is 13.2 Å². The Morgan fingerprint density at radius 3 is 1.91 bits per heavy atom. The highest BCUT2D eigenvalue weighted by Crippen LogP contribution is 2.30. The summed E-state index contributed by atoms with van der Waals surface area (Å²) >= 11 is 0. The number of ether oxygens (including phenoxy) is 1. The van der Waals surface area contributed by atoms with Crippen molar-refractivity contribution in [3.8, 4) is 0 Å². The van der Waals surface area contributed by atoms with Crippen LogP contribution in [0.4, 0.5) is 13.2 Å². The van der Waals surface area contributed by atoms with E-state index < -0.39 is 17.7 Å². The lowest BCUT2D eigenvalue weighted by Crippen LogP contribution is -2.49. The highest BCUT2D eigenvalue weighted by Gasteiger charge is 2.56. The monoisotopic (exact) mass is 172 g/mol. The molecule has 1 N–H and O–H groups in total. The molecule has 0 radical (unpaired) electrons. The normalized spacial score (nSPS) is 17.3. The Balaban J connectivity index is 4.59. The Bertz CT molecular complexity index is 161. The van der Waals surface area contributed by atoms with Crippen molar-refractivity contribution in [3.05, 3.63) is 0 Å². The number of aliphatic hydroxyl groups is 1. The Morgan fingerprint density at radius 2 is 1.82 bits per heavy atom. The zero-order chi connectivity index (χ0) is 9.28. The first-order valence-electron chi connectivity index (χ1n) is 2.61. The van der Waals surface area contributed by atoms with Gasteiger partial charge in [-0.3, -0.25) is 0 Å². The summed E-state index contributed by atoms with van der Waals surface area (Å²) in [7, 11) is 0.766. The smallest absolute Gasteiger partial charge is 0.427 e. The fourth-order valence-electron chi connectivity index (χ4n) is 0.314. The van der Waals surface area contributed by atoms with Crippen LogP contribution < -0.4 is 0 Å². The minimum Gasteiger partial charge on any atom is -0.467 e. The van der Waals surface area contributed by atoms with E-state index in [4.69, 9.17) is 5.11 Å². The van der Waals surface area contributed by atoms with E-state index >= 15 is 0 Å². The molecule has 66 valence electrons. The highest BCUT2D eigenvalue weighted by atomic mass is 19.4. The molecule has 0 aliphatic carbocycles. The fourth-order valence-corrected chi connectivity index (χ4v) is 0.314. The van der Waals surface area contributed by atoms with Crippen LogP contribution in [0.25, 0.3) is 0 Å². The first-order chi connectivity index (χ1) is 4.73. The van der Waals surface area contributed by atoms with Gasteiger partial charge in [0.05, 0.1) is 7.11 Å². The molecule has 0 spiro atoms. The Morgan fingerprint density at radius 1 is 1.45 bits per heavy atom. The van der Waals surface area contributed by atoms with Gasteiger partial charge in [-0.1, -0.05) is 0 Å². The number of esters is 1. The van der Waals surface area contributed by atoms with Gasteiger partial charge in [-0.05, 0) is 6.92 Å². The molecule has 0 saturated heterocycles. The van der Waals surface area contributed by atoms with Crippen molar-refractivity contribution in [2.45, 2.75) is 18.7 Å². The van der Waals surface area contributed by atoms with Crippen molar-refractivity contribution in [1.82, 2.24) is 0 Å². The van der Waals surface area contributed by atoms with Crippen LogP contribution >= 0.6 is 0 Å². The predicted molar refractivity (Wildman–Crippen MR) is 28.7 cm³/mol. The number of carbonyl (C=O) groups excluding carboxylic acids is 1. The molecule has 0 aromatic rings. The second-order valence-corrected chi connectivity index (χ2v) is 2.06. The van der Waals surface area contributed by atoms with E-state index in [1.165, 1.54) is 0 Å². The number of halogens is 3. The molecule has 0 amide bonds. The maximum Gasteiger partial charge on any atom is 0.427 e. The maximum absolute atomic E-state index is 11.7. The summed E-state index contributed by atoms with van der Waals surface area (Å²) in [5.41, 5.74) is -3.41. The van der Waals surface area contributed by atoms with E-state index in [0.29, 0.717) is 6.92 Å². The summed E-state index contributed by atoms with van der Waals surface area (Å²) in [4.78, 5) is 10.3. The Kier molecular flexibility index (Phi) is 2.50. The third-order valence-electron chi connectivity index (χ3n) is 1.13. The van der Waals surface area contributed by atoms with Gasteiger partial charge >= 0.3 is 12.1 Å². The third-order valence-corrected chi connectivity index (χ3v) is 1.13. The third kappa shape index (κ3) is 1.83. The number of hydrogen-bond donors (Lipinski definition) is 1. The van der Waals surface area contributed by atoms with Gasteiger partial charge in [0, 0.05) is 0 Å². The van der Waals surface area contributed by atoms with E-state index in [1.807, 2.05) is 0 Å². The standard InChI is InChI=1S/C5H7F3O3/c1-4(10,3(9)11-2)5(6,7)8/h10H,1-2H3/t4-/m1/s1. The van der Waals surface area contributed by atoms with Crippen LogP contribution in [-0.2, 0) is 9.53 Å². The average molecular weight is 172 g/mol. The van der Waals surface area contributed by atoms with E-state index in [1.54, 1.807) is 0 Å². The molecule has 0 fully saturated rings. The Labute approximate surface area is 60.8 Å². The van der Waals surface area contributed by atoms with E-state index in [2.05, 4.69) is 4.74 Å². The molecule has 0 aliphatic rings. The second-order valence-electron chi connectivity index (χ2n) is 2.06. The van der Waals surface area contributed by atoms with Crippen molar-refractivity contribution in [2.24, 2.45) is 0 Å². The van der Waals surface area contributed by atoms with Gasteiger partial charge in [-0.15, -0.1) is 0 Å². The first kappa shape index (κ1) is 10.2. The first-order valence-corrected chi connectivity index (χ1v) is 2.61. The molecule has 0 bridgehead atoms. The number of carbonyl (C=O) groups is 1. The maximum atomic E-state index is 11.7. The quantitative estimate of drug-likeness (QED) is 0.585. The zero-order valence-corrected chi connectivity index (χ0v) is 5.90. The van der Waals surface area contributed by atoms with Crippen LogP contribution in [0.2, 0.25) is 0 Å². The SMILES string of the molecule is COC(=O)[C@@](C)(O)C(F)(F)F. The van der Waals surface area contributed by atoms with Gasteiger partial charge in [0.1, 0.15) is 0 Å². The summed E-state index contributed by atoms with van der Waals surface area (Å²) in [5, 5.41) is 8.52. The molecule has 0 unspecified atom stereocenters. The van der Waals surface area contributed by atoms with Gasteiger partial charge in [0.25, 0.3) is 5.60 Å². The number of rotatable bonds is 1. The van der Waals surface area contributed by atoms with Gasteiger partial charge in [-0.25, -0.2) is 4.79 Å². The lowest BCUT2D eigenvalue weighted by Gasteiger charge is -2.22. The van der Waals surface area contributed by atoms with Crippen LogP contribution in [-0.4, -0.2) is 30.0 Å². The summed E-state index contributed by atoms with van der Waals surface area (Å²) in [6.45, 7) is 0.332. The number of hydrogen-bond acceptors (Lipinski definition) is 3. The highest BCUT2D eigenvalue weighted by molar-refractivity contribution is 5.79. The molecule has 0 aliphatic heterocycles. The van der Waals surface area contributed by atoms with Crippen molar-refractivity contribution in [1.29, 1.82) is 0 Å². The van der Waals surface area contributed by atoms with Crippen LogP contribution in [0.3, 0.4) is 0 Å². The van der Waals surface area contributed by atoms with Crippen LogP contribution in [0.15, 0.2) is 0 Å². The van der Waals surface area contributed by atoms with Crippen molar-refractivity contribution < 1.29 is 27.8 Å². The molecule has 3 nitrogen and oxygen atoms in total. The van der Waals surface area contributed by atoms with E-state index in [-0.39, 0.29) is 0 Å². The molecule has 0 rings (SSSR count). The fraction of sp³-hybridized carbons (Fsp3) is 0.800. The minimum atomic E-state index is -5.00. The molecule has 11 heavy (non-hydrogen) atoms. The molecule has 0 aromatic carbocycles. The molecule has 1 atom stereocenters. The number of methoxy groups -OCH3 is 1. The summed E-state index contributed by atoms with van der Waals surface area (Å²) in [5.74, 6) is -1.72. The van der Waals surface area contributed by atoms with Crippen molar-refractivity contribution >= 4 is 5.97 Å². The molecular weight excluding hydrogens is 165 g/mol. The molecule has 0 aromatic heterocycles. The van der Waals surface area contributed by atoms with Crippen LogP contribution in [0.1, 0.15) is 6.92 Å². The lowest BCUT2D eigenvalue weighted by molar-refractivity contribution is -0.255. The largest absolute Gasteiger partial charge is 0.467 e. The van der Waals surface area contributed by atoms with Gasteiger partial charge < -0.3 is 9.84 Å². The summed E-state index contributed by atoms with van der Waals surface area (Å²) in [6, 6.07) is 0. The van der Waals surface area contributed by atoms with Crippen molar-refractivity contribution in [3.63, 3.8) is 0 Å². The second kappa shape index (κ2) is 2.69. The topological polar surface area (TPSA) is 46.5 Å². The van der Waals surface area contributed by atoms with Crippen LogP contribution in [0, 0.1) is 0 Å². The predicted octanol–water partition coefficient (Wildman–Crippen LogP) is 0.473. The molecule has 0 heterocycles. The van der Waals surface area contributed by atoms with Gasteiger partial charge in [0.15, 0.2) is 0 Å². The number of alkyl halides is 3. The average Bonchev–Trinajstić information content (AvgIpc) is 1.83. The molecule has 6 heteroatoms. The summed E-state index contributed by atoms with van der Waals surface area (Å²) < 4.78 is 38.9.